The third-order valence-corrected chi connectivity index (χ3v) is 3.06. The van der Waals surface area contributed by atoms with Gasteiger partial charge < -0.3 is 30.4 Å². The number of anilines is 1. The first kappa shape index (κ1) is 21.2. The molecule has 1 aromatic carbocycles. The van der Waals surface area contributed by atoms with Gasteiger partial charge in [0.1, 0.15) is 5.60 Å². The third kappa shape index (κ3) is 6.98. The van der Waals surface area contributed by atoms with E-state index in [4.69, 9.17) is 15.2 Å². The van der Waals surface area contributed by atoms with Crippen molar-refractivity contribution in [2.24, 2.45) is 0 Å². The first-order chi connectivity index (χ1) is 12.0. The van der Waals surface area contributed by atoms with Crippen molar-refractivity contribution in [3.05, 3.63) is 29.8 Å². The molecule has 9 heteroatoms. The number of carboxylic acids is 1. The predicted molar refractivity (Wildman–Crippen MR) is 92.2 cm³/mol. The van der Waals surface area contributed by atoms with E-state index in [0.29, 0.717) is 11.3 Å². The van der Waals surface area contributed by atoms with Gasteiger partial charge in [-0.25, -0.2) is 14.4 Å². The zero-order valence-electron chi connectivity index (χ0n) is 15.1. The van der Waals surface area contributed by atoms with Crippen LogP contribution in [0.4, 0.5) is 10.5 Å². The number of benzene rings is 1. The highest BCUT2D eigenvalue weighted by atomic mass is 16.6. The highest BCUT2D eigenvalue weighted by Gasteiger charge is 2.38. The Morgan fingerprint density at radius 2 is 1.92 bits per heavy atom. The summed E-state index contributed by atoms with van der Waals surface area (Å²) in [6.07, 6.45) is -2.57. The molecular weight excluding hydrogens is 344 g/mol. The molecule has 144 valence electrons. The van der Waals surface area contributed by atoms with Gasteiger partial charge in [0.25, 0.3) is 0 Å². The summed E-state index contributed by atoms with van der Waals surface area (Å²) in [5.41, 5.74) is 5.95. The number of amides is 1. The predicted octanol–water partition coefficient (Wildman–Crippen LogP) is 1.30. The van der Waals surface area contributed by atoms with E-state index in [-0.39, 0.29) is 6.61 Å². The topological polar surface area (TPSA) is 137 Å². The van der Waals surface area contributed by atoms with Crippen LogP contribution in [0.3, 0.4) is 0 Å². The first-order valence-electron chi connectivity index (χ1n) is 7.79. The van der Waals surface area contributed by atoms with Crippen molar-refractivity contribution in [2.45, 2.75) is 45.1 Å². The van der Waals surface area contributed by atoms with E-state index >= 15 is 0 Å². The minimum Gasteiger partial charge on any atom is -0.480 e. The third-order valence-electron chi connectivity index (χ3n) is 3.06. The number of esters is 1. The lowest BCUT2D eigenvalue weighted by Crippen LogP contribution is -2.54. The molecule has 0 radical (unpaired) electrons. The van der Waals surface area contributed by atoms with Crippen LogP contribution in [0.15, 0.2) is 24.3 Å². The number of carbonyl (C=O) groups is 3. The monoisotopic (exact) mass is 368 g/mol. The Bertz CT molecular complexity index is 655. The SMILES string of the molecule is COC(=O)[C@@H](OCc1cccc(N)c1)[C@H](NC(=O)OC(C)(C)C)C(=O)O. The van der Waals surface area contributed by atoms with Gasteiger partial charge in [0, 0.05) is 5.69 Å². The molecule has 0 aliphatic heterocycles. The van der Waals surface area contributed by atoms with Crippen LogP contribution in [0.25, 0.3) is 0 Å². The molecule has 4 N–H and O–H groups in total. The van der Waals surface area contributed by atoms with Crippen LogP contribution in [-0.4, -0.2) is 48.0 Å². The zero-order chi connectivity index (χ0) is 19.9. The van der Waals surface area contributed by atoms with Gasteiger partial charge in [0.2, 0.25) is 0 Å². The second-order valence-electron chi connectivity index (χ2n) is 6.46. The molecule has 0 saturated carbocycles. The second kappa shape index (κ2) is 9.04. The average molecular weight is 368 g/mol. The van der Waals surface area contributed by atoms with Gasteiger partial charge in [-0.05, 0) is 38.5 Å². The molecule has 2 atom stereocenters. The van der Waals surface area contributed by atoms with Crippen molar-refractivity contribution < 1.29 is 33.7 Å². The number of methoxy groups -OCH3 is 1. The number of nitrogen functional groups attached to an aromatic ring is 1. The fourth-order valence-corrected chi connectivity index (χ4v) is 1.99. The Hall–Kier alpha value is -2.81. The zero-order valence-corrected chi connectivity index (χ0v) is 15.1. The molecule has 1 rings (SSSR count). The largest absolute Gasteiger partial charge is 0.480 e. The molecule has 9 nitrogen and oxygen atoms in total. The normalized spacial score (nSPS) is 13.4. The molecule has 0 aliphatic rings. The Labute approximate surface area is 151 Å². The van der Waals surface area contributed by atoms with E-state index in [1.807, 2.05) is 0 Å². The number of hydrogen-bond acceptors (Lipinski definition) is 7. The summed E-state index contributed by atoms with van der Waals surface area (Å²) in [6.45, 7) is 4.76. The summed E-state index contributed by atoms with van der Waals surface area (Å²) in [6, 6.07) is 4.98. The molecule has 0 bridgehead atoms. The lowest BCUT2D eigenvalue weighted by molar-refractivity contribution is -0.163. The number of aliphatic carboxylic acids is 1. The summed E-state index contributed by atoms with van der Waals surface area (Å²) >= 11 is 0. The summed E-state index contributed by atoms with van der Waals surface area (Å²) in [7, 11) is 1.09. The van der Waals surface area contributed by atoms with E-state index in [9.17, 15) is 19.5 Å². The van der Waals surface area contributed by atoms with Gasteiger partial charge in [-0.1, -0.05) is 12.1 Å². The molecule has 1 aromatic rings. The standard InChI is InChI=1S/C17H24N2O7/c1-17(2,3)26-16(23)19-12(14(20)21)13(15(22)24-4)25-9-10-6-5-7-11(18)8-10/h5-8,12-13H,9,18H2,1-4H3,(H,19,23)(H,20,21)/t12-,13-/m0/s1. The number of ether oxygens (including phenoxy) is 3. The number of alkyl carbamates (subject to hydrolysis) is 1. The minimum absolute atomic E-state index is 0.107. The number of hydrogen-bond donors (Lipinski definition) is 3. The fraction of sp³-hybridized carbons (Fsp3) is 0.471. The second-order valence-corrected chi connectivity index (χ2v) is 6.46. The minimum atomic E-state index is -1.70. The van der Waals surface area contributed by atoms with Crippen molar-refractivity contribution >= 4 is 23.7 Å². The molecule has 0 saturated heterocycles. The number of rotatable bonds is 7. The Kier molecular flexibility index (Phi) is 7.39. The van der Waals surface area contributed by atoms with Crippen molar-refractivity contribution in [3.63, 3.8) is 0 Å². The number of nitrogens with two attached hydrogens (primary N) is 1. The molecule has 0 spiro atoms. The Morgan fingerprint density at radius 1 is 1.27 bits per heavy atom. The van der Waals surface area contributed by atoms with E-state index in [0.717, 1.165) is 7.11 Å². The Morgan fingerprint density at radius 3 is 2.42 bits per heavy atom. The summed E-state index contributed by atoms with van der Waals surface area (Å²) in [4.78, 5) is 35.4. The van der Waals surface area contributed by atoms with E-state index in [1.54, 1.807) is 45.0 Å². The van der Waals surface area contributed by atoms with E-state index in [1.165, 1.54) is 0 Å². The summed E-state index contributed by atoms with van der Waals surface area (Å²) < 4.78 is 15.0. The van der Waals surface area contributed by atoms with E-state index < -0.39 is 35.8 Å². The molecule has 0 aliphatic carbocycles. The van der Waals surface area contributed by atoms with Crippen LogP contribution >= 0.6 is 0 Å². The van der Waals surface area contributed by atoms with Gasteiger partial charge in [-0.3, -0.25) is 0 Å². The maximum atomic E-state index is 12.0. The van der Waals surface area contributed by atoms with Gasteiger partial charge >= 0.3 is 18.0 Å². The van der Waals surface area contributed by atoms with Crippen molar-refractivity contribution in [1.29, 1.82) is 0 Å². The van der Waals surface area contributed by atoms with Gasteiger partial charge in [0.15, 0.2) is 12.1 Å². The van der Waals surface area contributed by atoms with Crippen LogP contribution in [0.2, 0.25) is 0 Å². The van der Waals surface area contributed by atoms with Crippen LogP contribution in [0, 0.1) is 0 Å². The number of carbonyl (C=O) groups excluding carboxylic acids is 2. The number of nitrogens with one attached hydrogen (secondary N) is 1. The lowest BCUT2D eigenvalue weighted by atomic mass is 10.1. The Balaban J connectivity index is 2.92. The fourth-order valence-electron chi connectivity index (χ4n) is 1.99. The quantitative estimate of drug-likeness (QED) is 0.484. The lowest BCUT2D eigenvalue weighted by Gasteiger charge is -2.25. The van der Waals surface area contributed by atoms with Crippen LogP contribution < -0.4 is 11.1 Å². The molecule has 0 fully saturated rings. The van der Waals surface area contributed by atoms with Gasteiger partial charge in [-0.15, -0.1) is 0 Å². The molecule has 0 unspecified atom stereocenters. The summed E-state index contributed by atoms with van der Waals surface area (Å²) in [5.74, 6) is -2.42. The molecular formula is C17H24N2O7. The van der Waals surface area contributed by atoms with Crippen molar-refractivity contribution in [1.82, 2.24) is 5.32 Å². The molecule has 0 aromatic heterocycles. The average Bonchev–Trinajstić information content (AvgIpc) is 2.51. The van der Waals surface area contributed by atoms with E-state index in [2.05, 4.69) is 10.1 Å². The highest BCUT2D eigenvalue weighted by molar-refractivity contribution is 5.88. The van der Waals surface area contributed by atoms with Crippen LogP contribution in [0.5, 0.6) is 0 Å². The van der Waals surface area contributed by atoms with Crippen LogP contribution in [0.1, 0.15) is 26.3 Å². The van der Waals surface area contributed by atoms with Crippen molar-refractivity contribution in [3.8, 4) is 0 Å². The molecule has 1 amide bonds. The van der Waals surface area contributed by atoms with Gasteiger partial charge in [-0.2, -0.15) is 0 Å². The van der Waals surface area contributed by atoms with Crippen LogP contribution in [-0.2, 0) is 30.4 Å². The number of carboxylic acid groups (broad SMARTS) is 1. The maximum Gasteiger partial charge on any atom is 0.408 e. The molecule has 0 heterocycles. The molecule has 26 heavy (non-hydrogen) atoms. The van der Waals surface area contributed by atoms with Crippen molar-refractivity contribution in [2.75, 3.05) is 12.8 Å². The van der Waals surface area contributed by atoms with Gasteiger partial charge in [0.05, 0.1) is 13.7 Å². The first-order valence-corrected chi connectivity index (χ1v) is 7.79. The smallest absolute Gasteiger partial charge is 0.408 e. The highest BCUT2D eigenvalue weighted by Crippen LogP contribution is 2.13. The maximum absolute atomic E-state index is 12.0. The summed E-state index contributed by atoms with van der Waals surface area (Å²) in [5, 5.41) is 11.5.